The first-order chi connectivity index (χ1) is 8.20. The second-order valence-electron chi connectivity index (χ2n) is 6.66. The SMILES string of the molecule is CCC1CCC(C2CCN(C(C)C)CC2)CC1. The highest BCUT2D eigenvalue weighted by Crippen LogP contribution is 2.38. The molecule has 0 bridgehead atoms. The van der Waals surface area contributed by atoms with Gasteiger partial charge in [-0.25, -0.2) is 0 Å². The van der Waals surface area contributed by atoms with E-state index in [9.17, 15) is 0 Å². The van der Waals surface area contributed by atoms with Gasteiger partial charge in [-0.1, -0.05) is 26.2 Å². The summed E-state index contributed by atoms with van der Waals surface area (Å²) >= 11 is 0. The van der Waals surface area contributed by atoms with Crippen LogP contribution in [0.2, 0.25) is 0 Å². The van der Waals surface area contributed by atoms with Gasteiger partial charge in [0.1, 0.15) is 0 Å². The fourth-order valence-electron chi connectivity index (χ4n) is 3.98. The summed E-state index contributed by atoms with van der Waals surface area (Å²) < 4.78 is 0. The van der Waals surface area contributed by atoms with Crippen LogP contribution in [0.4, 0.5) is 0 Å². The lowest BCUT2D eigenvalue weighted by molar-refractivity contribution is 0.0971. The molecule has 0 N–H and O–H groups in total. The monoisotopic (exact) mass is 237 g/mol. The van der Waals surface area contributed by atoms with Gasteiger partial charge in [0.15, 0.2) is 0 Å². The molecule has 0 radical (unpaired) electrons. The van der Waals surface area contributed by atoms with E-state index in [4.69, 9.17) is 0 Å². The third-order valence-corrected chi connectivity index (χ3v) is 5.44. The lowest BCUT2D eigenvalue weighted by Gasteiger charge is -2.40. The first kappa shape index (κ1) is 13.4. The Balaban J connectivity index is 1.74. The molecule has 0 atom stereocenters. The van der Waals surface area contributed by atoms with Gasteiger partial charge in [0.2, 0.25) is 0 Å². The smallest absolute Gasteiger partial charge is 0.00385 e. The fraction of sp³-hybridized carbons (Fsp3) is 1.00. The van der Waals surface area contributed by atoms with Crippen molar-refractivity contribution in [1.29, 1.82) is 0 Å². The normalized spacial score (nSPS) is 33.2. The molecule has 2 rings (SSSR count). The van der Waals surface area contributed by atoms with Crippen molar-refractivity contribution in [2.45, 2.75) is 71.8 Å². The summed E-state index contributed by atoms with van der Waals surface area (Å²) in [5, 5.41) is 0. The van der Waals surface area contributed by atoms with Gasteiger partial charge in [-0.15, -0.1) is 0 Å². The van der Waals surface area contributed by atoms with E-state index < -0.39 is 0 Å². The average Bonchev–Trinajstić information content (AvgIpc) is 2.39. The van der Waals surface area contributed by atoms with Crippen LogP contribution in [0.3, 0.4) is 0 Å². The maximum Gasteiger partial charge on any atom is 0.00385 e. The highest BCUT2D eigenvalue weighted by molar-refractivity contribution is 4.82. The predicted molar refractivity (Wildman–Crippen MR) is 75.2 cm³/mol. The summed E-state index contributed by atoms with van der Waals surface area (Å²) in [7, 11) is 0. The van der Waals surface area contributed by atoms with Crippen molar-refractivity contribution >= 4 is 0 Å². The topological polar surface area (TPSA) is 3.24 Å². The molecule has 2 aliphatic rings. The number of likely N-dealkylation sites (tertiary alicyclic amines) is 1. The molecule has 17 heavy (non-hydrogen) atoms. The highest BCUT2D eigenvalue weighted by Gasteiger charge is 2.30. The van der Waals surface area contributed by atoms with Crippen LogP contribution in [0.15, 0.2) is 0 Å². The average molecular weight is 237 g/mol. The van der Waals surface area contributed by atoms with E-state index in [2.05, 4.69) is 25.7 Å². The van der Waals surface area contributed by atoms with E-state index in [1.165, 1.54) is 58.0 Å². The molecule has 2 fully saturated rings. The zero-order valence-corrected chi connectivity index (χ0v) is 12.1. The van der Waals surface area contributed by atoms with Crippen molar-refractivity contribution in [2.75, 3.05) is 13.1 Å². The Morgan fingerprint density at radius 2 is 1.41 bits per heavy atom. The van der Waals surface area contributed by atoms with Crippen LogP contribution >= 0.6 is 0 Å². The standard InChI is InChI=1S/C16H31N/c1-4-14-5-7-15(8-6-14)16-9-11-17(12-10-16)13(2)3/h13-16H,4-12H2,1-3H3. The Bertz CT molecular complexity index is 208. The second kappa shape index (κ2) is 6.22. The van der Waals surface area contributed by atoms with Crippen LogP contribution in [-0.2, 0) is 0 Å². The van der Waals surface area contributed by atoms with Crippen LogP contribution in [0.25, 0.3) is 0 Å². The second-order valence-corrected chi connectivity index (χ2v) is 6.66. The van der Waals surface area contributed by atoms with E-state index in [1.54, 1.807) is 0 Å². The van der Waals surface area contributed by atoms with Crippen molar-refractivity contribution in [1.82, 2.24) is 4.90 Å². The summed E-state index contributed by atoms with van der Waals surface area (Å²) in [5.74, 6) is 3.19. The minimum absolute atomic E-state index is 0.756. The maximum absolute atomic E-state index is 2.66. The quantitative estimate of drug-likeness (QED) is 0.706. The van der Waals surface area contributed by atoms with Crippen LogP contribution in [0.5, 0.6) is 0 Å². The van der Waals surface area contributed by atoms with E-state index >= 15 is 0 Å². The Kier molecular flexibility index (Phi) is 4.90. The minimum atomic E-state index is 0.756. The molecule has 0 aromatic rings. The zero-order valence-electron chi connectivity index (χ0n) is 12.1. The van der Waals surface area contributed by atoms with Crippen LogP contribution in [0, 0.1) is 17.8 Å². The number of hydrogen-bond acceptors (Lipinski definition) is 1. The molecule has 1 aliphatic heterocycles. The summed E-state index contributed by atoms with van der Waals surface area (Å²) in [6.07, 6.45) is 10.5. The third-order valence-electron chi connectivity index (χ3n) is 5.44. The summed E-state index contributed by atoms with van der Waals surface area (Å²) in [4.78, 5) is 2.66. The molecule has 0 spiro atoms. The molecule has 0 amide bonds. The van der Waals surface area contributed by atoms with Gasteiger partial charge in [-0.05, 0) is 70.4 Å². The summed E-state index contributed by atoms with van der Waals surface area (Å²) in [6.45, 7) is 9.76. The molecule has 100 valence electrons. The molecule has 1 aliphatic carbocycles. The van der Waals surface area contributed by atoms with E-state index in [-0.39, 0.29) is 0 Å². The summed E-state index contributed by atoms with van der Waals surface area (Å²) in [5.41, 5.74) is 0. The lowest BCUT2D eigenvalue weighted by Crippen LogP contribution is -2.40. The van der Waals surface area contributed by atoms with Crippen molar-refractivity contribution < 1.29 is 0 Å². The van der Waals surface area contributed by atoms with E-state index in [1.807, 2.05) is 0 Å². The molecule has 0 aromatic heterocycles. The Hall–Kier alpha value is -0.0400. The van der Waals surface area contributed by atoms with Crippen LogP contribution in [0.1, 0.15) is 65.7 Å². The van der Waals surface area contributed by atoms with Gasteiger partial charge in [0.05, 0.1) is 0 Å². The molecule has 1 heterocycles. The lowest BCUT2D eigenvalue weighted by atomic mass is 9.72. The zero-order chi connectivity index (χ0) is 12.3. The predicted octanol–water partition coefficient (Wildman–Crippen LogP) is 4.32. The Labute approximate surface area is 108 Å². The van der Waals surface area contributed by atoms with Gasteiger partial charge in [0, 0.05) is 6.04 Å². The van der Waals surface area contributed by atoms with Gasteiger partial charge < -0.3 is 4.90 Å². The molecule has 1 saturated heterocycles. The molecule has 1 saturated carbocycles. The first-order valence-corrected chi connectivity index (χ1v) is 7.94. The van der Waals surface area contributed by atoms with E-state index in [0.717, 1.165) is 23.8 Å². The van der Waals surface area contributed by atoms with Gasteiger partial charge in [-0.2, -0.15) is 0 Å². The van der Waals surface area contributed by atoms with E-state index in [0.29, 0.717) is 0 Å². The van der Waals surface area contributed by atoms with Gasteiger partial charge in [0.25, 0.3) is 0 Å². The maximum atomic E-state index is 2.66. The minimum Gasteiger partial charge on any atom is -0.301 e. The number of rotatable bonds is 3. The van der Waals surface area contributed by atoms with Crippen LogP contribution < -0.4 is 0 Å². The molecule has 0 unspecified atom stereocenters. The molecular formula is C16H31N. The number of nitrogens with zero attached hydrogens (tertiary/aromatic N) is 1. The Morgan fingerprint density at radius 3 is 1.88 bits per heavy atom. The van der Waals surface area contributed by atoms with Crippen molar-refractivity contribution in [3.63, 3.8) is 0 Å². The third kappa shape index (κ3) is 3.47. The van der Waals surface area contributed by atoms with Crippen molar-refractivity contribution in [2.24, 2.45) is 17.8 Å². The van der Waals surface area contributed by atoms with Gasteiger partial charge >= 0.3 is 0 Å². The number of hydrogen-bond donors (Lipinski definition) is 0. The summed E-state index contributed by atoms with van der Waals surface area (Å²) in [6, 6.07) is 0.756. The molecule has 0 aromatic carbocycles. The van der Waals surface area contributed by atoms with Crippen LogP contribution in [-0.4, -0.2) is 24.0 Å². The largest absolute Gasteiger partial charge is 0.301 e. The first-order valence-electron chi connectivity index (χ1n) is 7.94. The van der Waals surface area contributed by atoms with Gasteiger partial charge in [-0.3, -0.25) is 0 Å². The molecule has 1 nitrogen and oxygen atoms in total. The van der Waals surface area contributed by atoms with Crippen molar-refractivity contribution in [3.8, 4) is 0 Å². The van der Waals surface area contributed by atoms with Crippen molar-refractivity contribution in [3.05, 3.63) is 0 Å². The molecular weight excluding hydrogens is 206 g/mol. The highest BCUT2D eigenvalue weighted by atomic mass is 15.1. The fourth-order valence-corrected chi connectivity index (χ4v) is 3.98. The Morgan fingerprint density at radius 1 is 0.882 bits per heavy atom. The molecule has 1 heteroatoms. The number of piperidine rings is 1.